The molecule has 0 amide bonds. The highest BCUT2D eigenvalue weighted by Crippen LogP contribution is 2.33. The minimum Gasteiger partial charge on any atom is -0.370 e. The Labute approximate surface area is 134 Å². The number of anilines is 1. The molecular weight excluding hydrogens is 276 g/mol. The molecule has 0 unspecified atom stereocenters. The van der Waals surface area contributed by atoms with Crippen molar-refractivity contribution in [1.29, 1.82) is 0 Å². The predicted molar refractivity (Wildman–Crippen MR) is 96.5 cm³/mol. The predicted octanol–water partition coefficient (Wildman–Crippen LogP) is 4.21. The lowest BCUT2D eigenvalue weighted by Crippen LogP contribution is -2.29. The molecule has 1 saturated heterocycles. The molecule has 0 saturated carbocycles. The summed E-state index contributed by atoms with van der Waals surface area (Å²) in [4.78, 5) is 2.58. The van der Waals surface area contributed by atoms with Crippen molar-refractivity contribution < 1.29 is 0 Å². The molecule has 0 aliphatic carbocycles. The van der Waals surface area contributed by atoms with Crippen LogP contribution in [0.4, 0.5) is 5.69 Å². The summed E-state index contributed by atoms with van der Waals surface area (Å²) < 4.78 is 0.412. The number of thioether (sulfide) groups is 1. The summed E-state index contributed by atoms with van der Waals surface area (Å²) in [5, 5.41) is 3.57. The fraction of sp³-hybridized carbons (Fsp3) is 0.667. The van der Waals surface area contributed by atoms with Gasteiger partial charge in [-0.15, -0.1) is 0 Å². The first-order chi connectivity index (χ1) is 9.87. The zero-order chi connectivity index (χ0) is 15.5. The molecular formula is C18H30N2S. The van der Waals surface area contributed by atoms with Gasteiger partial charge < -0.3 is 10.2 Å². The minimum atomic E-state index is 0.412. The van der Waals surface area contributed by atoms with Crippen molar-refractivity contribution in [1.82, 2.24) is 5.32 Å². The first-order valence-electron chi connectivity index (χ1n) is 8.09. The molecule has 2 rings (SSSR count). The maximum atomic E-state index is 3.57. The number of hydrogen-bond donors (Lipinski definition) is 1. The van der Waals surface area contributed by atoms with Gasteiger partial charge in [-0.25, -0.2) is 0 Å². The highest BCUT2D eigenvalue weighted by molar-refractivity contribution is 8.00. The normalized spacial score (nSPS) is 18.9. The number of rotatable bonds is 4. The van der Waals surface area contributed by atoms with E-state index in [1.165, 1.54) is 29.0 Å². The van der Waals surface area contributed by atoms with Gasteiger partial charge in [0.2, 0.25) is 0 Å². The monoisotopic (exact) mass is 306 g/mol. The SMILES string of the molecule is Cc1ccc(N2CCSC(C)(C)CC2)c(CNC(C)C)c1. The Kier molecular flexibility index (Phi) is 5.61. The maximum absolute atomic E-state index is 3.57. The molecule has 1 aromatic rings. The van der Waals surface area contributed by atoms with Crippen LogP contribution in [0.2, 0.25) is 0 Å². The van der Waals surface area contributed by atoms with Crippen LogP contribution in [0.3, 0.4) is 0 Å². The highest BCUT2D eigenvalue weighted by atomic mass is 32.2. The first-order valence-corrected chi connectivity index (χ1v) is 9.08. The van der Waals surface area contributed by atoms with Crippen LogP contribution in [0.25, 0.3) is 0 Å². The second-order valence-corrected chi connectivity index (χ2v) is 8.82. The lowest BCUT2D eigenvalue weighted by atomic mass is 10.1. The molecule has 1 aliphatic heterocycles. The second-order valence-electron chi connectivity index (χ2n) is 7.01. The summed E-state index contributed by atoms with van der Waals surface area (Å²) in [6.07, 6.45) is 1.25. The molecule has 3 heteroatoms. The molecule has 0 atom stereocenters. The zero-order valence-electron chi connectivity index (χ0n) is 14.2. The highest BCUT2D eigenvalue weighted by Gasteiger charge is 2.24. The molecule has 0 radical (unpaired) electrons. The van der Waals surface area contributed by atoms with Crippen LogP contribution in [0.15, 0.2) is 18.2 Å². The van der Waals surface area contributed by atoms with Gasteiger partial charge in [0.1, 0.15) is 0 Å². The van der Waals surface area contributed by atoms with E-state index in [0.717, 1.165) is 19.6 Å². The number of aryl methyl sites for hydroxylation is 1. The number of hydrogen-bond acceptors (Lipinski definition) is 3. The summed E-state index contributed by atoms with van der Waals surface area (Å²) in [6, 6.07) is 7.43. The third-order valence-electron chi connectivity index (χ3n) is 4.11. The second kappa shape index (κ2) is 7.06. The van der Waals surface area contributed by atoms with Gasteiger partial charge in [-0.1, -0.05) is 45.4 Å². The van der Waals surface area contributed by atoms with Gasteiger partial charge in [0, 0.05) is 41.9 Å². The average Bonchev–Trinajstić information content (AvgIpc) is 2.57. The molecule has 0 aromatic heterocycles. The van der Waals surface area contributed by atoms with Crippen molar-refractivity contribution in [2.45, 2.75) is 58.4 Å². The van der Waals surface area contributed by atoms with Gasteiger partial charge in [0.15, 0.2) is 0 Å². The van der Waals surface area contributed by atoms with Gasteiger partial charge in [0.25, 0.3) is 0 Å². The Morgan fingerprint density at radius 1 is 1.29 bits per heavy atom. The van der Waals surface area contributed by atoms with Crippen molar-refractivity contribution in [3.63, 3.8) is 0 Å². The molecule has 1 aliphatic rings. The number of nitrogens with zero attached hydrogens (tertiary/aromatic N) is 1. The van der Waals surface area contributed by atoms with Gasteiger partial charge in [-0.3, -0.25) is 0 Å². The van der Waals surface area contributed by atoms with Crippen molar-refractivity contribution in [3.05, 3.63) is 29.3 Å². The number of nitrogens with one attached hydrogen (secondary N) is 1. The summed E-state index contributed by atoms with van der Waals surface area (Å²) in [5.41, 5.74) is 4.21. The Morgan fingerprint density at radius 2 is 2.05 bits per heavy atom. The third kappa shape index (κ3) is 4.93. The first kappa shape index (κ1) is 16.7. The van der Waals surface area contributed by atoms with Crippen LogP contribution in [0.1, 0.15) is 45.2 Å². The smallest absolute Gasteiger partial charge is 0.0412 e. The van der Waals surface area contributed by atoms with E-state index in [1.54, 1.807) is 0 Å². The summed E-state index contributed by atoms with van der Waals surface area (Å²) in [5.74, 6) is 1.22. The quantitative estimate of drug-likeness (QED) is 0.897. The Morgan fingerprint density at radius 3 is 2.76 bits per heavy atom. The fourth-order valence-electron chi connectivity index (χ4n) is 2.74. The topological polar surface area (TPSA) is 15.3 Å². The molecule has 1 aromatic carbocycles. The van der Waals surface area contributed by atoms with Gasteiger partial charge in [-0.2, -0.15) is 11.8 Å². The standard InChI is InChI=1S/C18H30N2S/c1-14(2)19-13-16-12-15(3)6-7-17(16)20-9-8-18(4,5)21-11-10-20/h6-7,12,14,19H,8-11,13H2,1-5H3. The lowest BCUT2D eigenvalue weighted by Gasteiger charge is -2.27. The van der Waals surface area contributed by atoms with E-state index in [1.807, 2.05) is 0 Å². The van der Waals surface area contributed by atoms with Crippen LogP contribution in [0, 0.1) is 6.92 Å². The van der Waals surface area contributed by atoms with E-state index in [9.17, 15) is 0 Å². The minimum absolute atomic E-state index is 0.412. The molecule has 21 heavy (non-hydrogen) atoms. The van der Waals surface area contributed by atoms with E-state index in [-0.39, 0.29) is 0 Å². The summed E-state index contributed by atoms with van der Waals surface area (Å²) in [6.45, 7) is 14.6. The lowest BCUT2D eigenvalue weighted by molar-refractivity contribution is 0.586. The van der Waals surface area contributed by atoms with E-state index in [0.29, 0.717) is 10.8 Å². The van der Waals surface area contributed by atoms with Crippen molar-refractivity contribution in [2.24, 2.45) is 0 Å². The van der Waals surface area contributed by atoms with E-state index in [4.69, 9.17) is 0 Å². The van der Waals surface area contributed by atoms with Crippen molar-refractivity contribution in [3.8, 4) is 0 Å². The van der Waals surface area contributed by atoms with E-state index >= 15 is 0 Å². The third-order valence-corrected chi connectivity index (χ3v) is 5.49. The number of benzene rings is 1. The average molecular weight is 307 g/mol. The van der Waals surface area contributed by atoms with E-state index in [2.05, 4.69) is 74.8 Å². The van der Waals surface area contributed by atoms with Crippen LogP contribution < -0.4 is 10.2 Å². The van der Waals surface area contributed by atoms with Gasteiger partial charge in [-0.05, 0) is 25.0 Å². The van der Waals surface area contributed by atoms with Crippen LogP contribution in [0.5, 0.6) is 0 Å². The largest absolute Gasteiger partial charge is 0.370 e. The molecule has 2 nitrogen and oxygen atoms in total. The van der Waals surface area contributed by atoms with Gasteiger partial charge >= 0.3 is 0 Å². The maximum Gasteiger partial charge on any atom is 0.0412 e. The molecule has 1 heterocycles. The van der Waals surface area contributed by atoms with Crippen molar-refractivity contribution in [2.75, 3.05) is 23.7 Å². The van der Waals surface area contributed by atoms with Crippen LogP contribution >= 0.6 is 11.8 Å². The molecule has 118 valence electrons. The summed E-state index contributed by atoms with van der Waals surface area (Å²) >= 11 is 2.11. The van der Waals surface area contributed by atoms with Crippen LogP contribution in [-0.2, 0) is 6.54 Å². The molecule has 0 bridgehead atoms. The zero-order valence-corrected chi connectivity index (χ0v) is 15.0. The molecule has 1 fully saturated rings. The van der Waals surface area contributed by atoms with Crippen molar-refractivity contribution >= 4 is 17.4 Å². The fourth-order valence-corrected chi connectivity index (χ4v) is 3.84. The molecule has 1 N–H and O–H groups in total. The van der Waals surface area contributed by atoms with Crippen LogP contribution in [-0.4, -0.2) is 29.6 Å². The Balaban J connectivity index is 2.17. The Bertz CT molecular complexity index is 468. The Hall–Kier alpha value is -0.670. The molecule has 0 spiro atoms. The van der Waals surface area contributed by atoms with E-state index < -0.39 is 0 Å². The summed E-state index contributed by atoms with van der Waals surface area (Å²) in [7, 11) is 0. The van der Waals surface area contributed by atoms with Gasteiger partial charge in [0.05, 0.1) is 0 Å².